The van der Waals surface area contributed by atoms with Crippen LogP contribution in [0.2, 0.25) is 0 Å². The van der Waals surface area contributed by atoms with Gasteiger partial charge in [-0.3, -0.25) is 4.79 Å². The van der Waals surface area contributed by atoms with E-state index in [0.29, 0.717) is 5.56 Å². The van der Waals surface area contributed by atoms with Crippen LogP contribution in [0.5, 0.6) is 0 Å². The zero-order valence-corrected chi connectivity index (χ0v) is 8.79. The Kier molecular flexibility index (Phi) is 2.88. The van der Waals surface area contributed by atoms with Crippen LogP contribution < -0.4 is 0 Å². The van der Waals surface area contributed by atoms with E-state index in [9.17, 15) is 18.0 Å². The van der Waals surface area contributed by atoms with Crippen molar-refractivity contribution in [1.82, 2.24) is 0 Å². The quantitative estimate of drug-likeness (QED) is 0.782. The number of ketones is 1. The molecule has 2 aromatic rings. The molecule has 0 atom stereocenters. The van der Waals surface area contributed by atoms with Gasteiger partial charge in [0.1, 0.15) is 0 Å². The number of benzene rings is 2. The number of hydrogen-bond donors (Lipinski definition) is 0. The van der Waals surface area contributed by atoms with E-state index in [0.717, 1.165) is 10.8 Å². The molecule has 0 fully saturated rings. The monoisotopic (exact) mass is 238 g/mol. The van der Waals surface area contributed by atoms with Crippen LogP contribution in [-0.4, -0.2) is 12.0 Å². The summed E-state index contributed by atoms with van der Waals surface area (Å²) < 4.78 is 36.3. The first kappa shape index (κ1) is 11.6. The summed E-state index contributed by atoms with van der Waals surface area (Å²) in [6.07, 6.45) is -5.36. The van der Waals surface area contributed by atoms with Crippen molar-refractivity contribution < 1.29 is 18.0 Å². The third kappa shape index (κ3) is 2.64. The van der Waals surface area contributed by atoms with Crippen molar-refractivity contribution in [3.05, 3.63) is 48.0 Å². The number of alkyl halides is 3. The van der Waals surface area contributed by atoms with E-state index in [1.165, 1.54) is 0 Å². The van der Waals surface area contributed by atoms with Crippen LogP contribution in [0.25, 0.3) is 10.8 Å². The molecule has 0 bridgehead atoms. The molecule has 0 spiro atoms. The average molecular weight is 238 g/mol. The van der Waals surface area contributed by atoms with Crippen LogP contribution in [-0.2, 0) is 11.2 Å². The number of carbonyl (C=O) groups excluding carboxylic acids is 1. The predicted molar refractivity (Wildman–Crippen MR) is 58.7 cm³/mol. The largest absolute Gasteiger partial charge is 0.450 e. The van der Waals surface area contributed by atoms with Gasteiger partial charge in [0, 0.05) is 6.42 Å². The fourth-order valence-electron chi connectivity index (χ4n) is 1.63. The van der Waals surface area contributed by atoms with Crippen LogP contribution in [0, 0.1) is 0 Å². The first-order valence-electron chi connectivity index (χ1n) is 5.04. The molecule has 1 nitrogen and oxygen atoms in total. The van der Waals surface area contributed by atoms with Gasteiger partial charge in [0.25, 0.3) is 0 Å². The number of carbonyl (C=O) groups is 1. The summed E-state index contributed by atoms with van der Waals surface area (Å²) in [6.45, 7) is 0. The Morgan fingerprint density at radius 2 is 1.65 bits per heavy atom. The van der Waals surface area contributed by atoms with Crippen molar-refractivity contribution in [2.45, 2.75) is 12.6 Å². The number of Topliss-reactive ketones (excluding diaryl/α,β-unsaturated/α-hetero) is 1. The van der Waals surface area contributed by atoms with Gasteiger partial charge >= 0.3 is 6.18 Å². The first-order chi connectivity index (χ1) is 7.97. The highest BCUT2D eigenvalue weighted by atomic mass is 19.4. The molecule has 0 radical (unpaired) electrons. The van der Waals surface area contributed by atoms with E-state index in [4.69, 9.17) is 0 Å². The van der Waals surface area contributed by atoms with Crippen molar-refractivity contribution in [2.24, 2.45) is 0 Å². The van der Waals surface area contributed by atoms with Gasteiger partial charge in [0.05, 0.1) is 0 Å². The number of halogens is 3. The molecule has 0 saturated carbocycles. The molecule has 0 unspecified atom stereocenters. The molecule has 0 N–H and O–H groups in total. The molecule has 2 aromatic carbocycles. The van der Waals surface area contributed by atoms with Crippen molar-refractivity contribution >= 4 is 16.6 Å². The van der Waals surface area contributed by atoms with Crippen LogP contribution in [0.15, 0.2) is 42.5 Å². The molecule has 0 aromatic heterocycles. The first-order valence-corrected chi connectivity index (χ1v) is 5.04. The minimum Gasteiger partial charge on any atom is -0.289 e. The molecule has 4 heteroatoms. The standard InChI is InChI=1S/C13H9F3O/c14-13(15,16)12(17)8-9-5-6-10-3-1-2-4-11(10)7-9/h1-7H,8H2. The van der Waals surface area contributed by atoms with Crippen molar-refractivity contribution in [1.29, 1.82) is 0 Å². The zero-order chi connectivity index (χ0) is 12.5. The van der Waals surface area contributed by atoms with Gasteiger partial charge in [0.2, 0.25) is 5.78 Å². The Balaban J connectivity index is 2.29. The molecular formula is C13H9F3O. The fraction of sp³-hybridized carbons (Fsp3) is 0.154. The fourth-order valence-corrected chi connectivity index (χ4v) is 1.63. The van der Waals surface area contributed by atoms with Gasteiger partial charge < -0.3 is 0 Å². The highest BCUT2D eigenvalue weighted by Gasteiger charge is 2.37. The topological polar surface area (TPSA) is 17.1 Å². The van der Waals surface area contributed by atoms with Gasteiger partial charge in [-0.1, -0.05) is 42.5 Å². The lowest BCUT2D eigenvalue weighted by molar-refractivity contribution is -0.170. The molecule has 0 aliphatic rings. The summed E-state index contributed by atoms with van der Waals surface area (Å²) in [5.74, 6) is -1.72. The minimum atomic E-state index is -4.76. The average Bonchev–Trinajstić information content (AvgIpc) is 2.27. The molecular weight excluding hydrogens is 229 g/mol. The van der Waals surface area contributed by atoms with Gasteiger partial charge in [-0.15, -0.1) is 0 Å². The molecule has 2 rings (SSSR count). The van der Waals surface area contributed by atoms with Gasteiger partial charge in [-0.25, -0.2) is 0 Å². The Morgan fingerprint density at radius 1 is 1.00 bits per heavy atom. The Labute approximate surface area is 95.9 Å². The molecule has 0 heterocycles. The highest BCUT2D eigenvalue weighted by molar-refractivity contribution is 5.88. The summed E-state index contributed by atoms with van der Waals surface area (Å²) in [5.41, 5.74) is 0.381. The van der Waals surface area contributed by atoms with Gasteiger partial charge in [0.15, 0.2) is 0 Å². The zero-order valence-electron chi connectivity index (χ0n) is 8.79. The Bertz CT molecular complexity index is 558. The van der Waals surface area contributed by atoms with E-state index in [-0.39, 0.29) is 0 Å². The summed E-state index contributed by atoms with van der Waals surface area (Å²) in [7, 11) is 0. The summed E-state index contributed by atoms with van der Waals surface area (Å²) in [5, 5.41) is 1.77. The number of rotatable bonds is 2. The second-order valence-corrected chi connectivity index (χ2v) is 3.78. The third-order valence-corrected chi connectivity index (χ3v) is 2.49. The maximum absolute atomic E-state index is 12.1. The van der Waals surface area contributed by atoms with E-state index in [2.05, 4.69) is 0 Å². The Morgan fingerprint density at radius 3 is 2.29 bits per heavy atom. The van der Waals surface area contributed by atoms with Crippen molar-refractivity contribution in [2.75, 3.05) is 0 Å². The predicted octanol–water partition coefficient (Wildman–Crippen LogP) is 3.51. The molecule has 0 aliphatic heterocycles. The third-order valence-electron chi connectivity index (χ3n) is 2.49. The second kappa shape index (κ2) is 4.20. The minimum absolute atomic E-state index is 0.381. The Hall–Kier alpha value is -1.84. The van der Waals surface area contributed by atoms with Crippen LogP contribution >= 0.6 is 0 Å². The van der Waals surface area contributed by atoms with Crippen LogP contribution in [0.4, 0.5) is 13.2 Å². The lowest BCUT2D eigenvalue weighted by Gasteiger charge is -2.06. The van der Waals surface area contributed by atoms with Gasteiger partial charge in [-0.2, -0.15) is 13.2 Å². The van der Waals surface area contributed by atoms with E-state index < -0.39 is 18.4 Å². The number of fused-ring (bicyclic) bond motifs is 1. The van der Waals surface area contributed by atoms with Crippen LogP contribution in [0.1, 0.15) is 5.56 Å². The smallest absolute Gasteiger partial charge is 0.289 e. The van der Waals surface area contributed by atoms with Crippen molar-refractivity contribution in [3.8, 4) is 0 Å². The molecule has 88 valence electrons. The SMILES string of the molecule is O=C(Cc1ccc2ccccc2c1)C(F)(F)F. The van der Waals surface area contributed by atoms with E-state index in [1.807, 2.05) is 12.1 Å². The second-order valence-electron chi connectivity index (χ2n) is 3.78. The molecule has 0 amide bonds. The summed E-state index contributed by atoms with van der Waals surface area (Å²) >= 11 is 0. The van der Waals surface area contributed by atoms with E-state index in [1.54, 1.807) is 30.3 Å². The van der Waals surface area contributed by atoms with E-state index >= 15 is 0 Å². The maximum Gasteiger partial charge on any atom is 0.450 e. The maximum atomic E-state index is 12.1. The van der Waals surface area contributed by atoms with Gasteiger partial charge in [-0.05, 0) is 16.3 Å². The normalized spacial score (nSPS) is 11.7. The van der Waals surface area contributed by atoms with Crippen LogP contribution in [0.3, 0.4) is 0 Å². The lowest BCUT2D eigenvalue weighted by Crippen LogP contribution is -2.24. The molecule has 0 saturated heterocycles. The summed E-state index contributed by atoms with van der Waals surface area (Å²) in [4.78, 5) is 10.8. The summed E-state index contributed by atoms with van der Waals surface area (Å²) in [6, 6.07) is 12.2. The molecule has 0 aliphatic carbocycles. The number of hydrogen-bond acceptors (Lipinski definition) is 1. The lowest BCUT2D eigenvalue weighted by atomic mass is 10.0. The molecule has 17 heavy (non-hydrogen) atoms. The van der Waals surface area contributed by atoms with Crippen molar-refractivity contribution in [3.63, 3.8) is 0 Å². The highest BCUT2D eigenvalue weighted by Crippen LogP contribution is 2.21.